The normalized spacial score (nSPS) is 13.0. The first-order valence-electron chi connectivity index (χ1n) is 12.3. The Bertz CT molecular complexity index is 1620. The Morgan fingerprint density at radius 2 is 1.11 bits per heavy atom. The number of nitrogens with zero attached hydrogens (tertiary/aromatic N) is 5. The molecule has 0 fully saturated rings. The number of hydrogen-bond donors (Lipinski definition) is 0. The van der Waals surface area contributed by atoms with E-state index in [0.29, 0.717) is 6.67 Å². The average molecular weight is 468 g/mol. The molecule has 5 heteroatoms. The van der Waals surface area contributed by atoms with Gasteiger partial charge in [0, 0.05) is 46.1 Å². The summed E-state index contributed by atoms with van der Waals surface area (Å²) in [4.78, 5) is 14.6. The van der Waals surface area contributed by atoms with E-state index in [1.54, 1.807) is 0 Å². The molecule has 3 heterocycles. The first kappa shape index (κ1) is 20.7. The first-order valence-corrected chi connectivity index (χ1v) is 12.3. The highest BCUT2D eigenvalue weighted by Crippen LogP contribution is 2.41. The van der Waals surface area contributed by atoms with E-state index in [9.17, 15) is 0 Å². The van der Waals surface area contributed by atoms with E-state index in [4.69, 9.17) is 9.97 Å². The van der Waals surface area contributed by atoms with Crippen molar-refractivity contribution < 1.29 is 0 Å². The third kappa shape index (κ3) is 3.40. The van der Waals surface area contributed by atoms with Gasteiger partial charge in [0.05, 0.1) is 11.9 Å². The number of anilines is 4. The molecular formula is C31H25N5. The highest BCUT2D eigenvalue weighted by Gasteiger charge is 2.31. The van der Waals surface area contributed by atoms with Crippen molar-refractivity contribution in [3.05, 3.63) is 121 Å². The Hall–Kier alpha value is -4.64. The van der Waals surface area contributed by atoms with Crippen LogP contribution in [0, 0.1) is 0 Å². The van der Waals surface area contributed by atoms with Crippen LogP contribution in [0.5, 0.6) is 0 Å². The van der Waals surface area contributed by atoms with Crippen molar-refractivity contribution in [2.24, 2.45) is 0 Å². The van der Waals surface area contributed by atoms with Crippen molar-refractivity contribution in [1.29, 1.82) is 0 Å². The predicted molar refractivity (Wildman–Crippen MR) is 147 cm³/mol. The minimum atomic E-state index is 0.680. The summed E-state index contributed by atoms with van der Waals surface area (Å²) < 4.78 is 2.41. The lowest BCUT2D eigenvalue weighted by Gasteiger charge is -2.20. The monoisotopic (exact) mass is 467 g/mol. The summed E-state index contributed by atoms with van der Waals surface area (Å²) in [7, 11) is 0. The van der Waals surface area contributed by atoms with Gasteiger partial charge in [-0.05, 0) is 36.4 Å². The van der Waals surface area contributed by atoms with E-state index in [2.05, 4.69) is 111 Å². The van der Waals surface area contributed by atoms with Crippen LogP contribution in [-0.4, -0.2) is 21.2 Å². The summed E-state index contributed by atoms with van der Waals surface area (Å²) in [5, 5.41) is 2.59. The maximum atomic E-state index is 5.15. The van der Waals surface area contributed by atoms with Crippen LogP contribution in [0.2, 0.25) is 0 Å². The summed E-state index contributed by atoms with van der Waals surface area (Å²) in [5.41, 5.74) is 5.74. The highest BCUT2D eigenvalue weighted by atomic mass is 15.4. The fraction of sp³-hybridized carbons (Fsp3) is 0.0968. The standard InChI is InChI=1S/C31H25N5/c1-3-11-24(12-4-1)35-22-36(25-13-5-2-6-14-25)31-30(35)32-21-23(33-31)19-20-34-28-17-9-7-15-26(28)27-16-8-10-18-29(27)34/h1-18,21H,19-20,22H2. The molecule has 1 aliphatic heterocycles. The zero-order valence-corrected chi connectivity index (χ0v) is 19.8. The van der Waals surface area contributed by atoms with E-state index in [0.717, 1.165) is 41.7 Å². The number of benzene rings is 4. The molecule has 1 aliphatic rings. The molecule has 0 aliphatic carbocycles. The minimum Gasteiger partial charge on any atom is -0.340 e. The topological polar surface area (TPSA) is 37.2 Å². The van der Waals surface area contributed by atoms with Crippen LogP contribution in [0.15, 0.2) is 115 Å². The largest absolute Gasteiger partial charge is 0.340 e. The molecule has 2 aromatic heterocycles. The quantitative estimate of drug-likeness (QED) is 0.272. The van der Waals surface area contributed by atoms with E-state index < -0.39 is 0 Å². The zero-order valence-electron chi connectivity index (χ0n) is 19.8. The molecular weight excluding hydrogens is 442 g/mol. The lowest BCUT2D eigenvalue weighted by Crippen LogP contribution is -2.24. The van der Waals surface area contributed by atoms with Gasteiger partial charge in [0.15, 0.2) is 11.6 Å². The van der Waals surface area contributed by atoms with Crippen molar-refractivity contribution in [1.82, 2.24) is 14.5 Å². The number of fused-ring (bicyclic) bond motifs is 4. The molecule has 0 saturated carbocycles. The van der Waals surface area contributed by atoms with Gasteiger partial charge in [-0.3, -0.25) is 0 Å². The fourth-order valence-corrected chi connectivity index (χ4v) is 5.27. The van der Waals surface area contributed by atoms with Crippen molar-refractivity contribution in [3.8, 4) is 0 Å². The molecule has 7 rings (SSSR count). The van der Waals surface area contributed by atoms with Crippen molar-refractivity contribution in [2.75, 3.05) is 16.5 Å². The first-order chi connectivity index (χ1) is 17.9. The van der Waals surface area contributed by atoms with Crippen molar-refractivity contribution in [3.63, 3.8) is 0 Å². The van der Waals surface area contributed by atoms with Crippen LogP contribution in [0.1, 0.15) is 5.69 Å². The van der Waals surface area contributed by atoms with Gasteiger partial charge < -0.3 is 14.4 Å². The number of aryl methyl sites for hydroxylation is 2. The molecule has 174 valence electrons. The SMILES string of the molecule is c1ccc(N2CN(c3ccccc3)c3nc(CCn4c5ccccc5c5ccccc54)cnc32)cc1. The Morgan fingerprint density at radius 3 is 1.72 bits per heavy atom. The van der Waals surface area contributed by atoms with Gasteiger partial charge in [-0.25, -0.2) is 9.97 Å². The molecule has 36 heavy (non-hydrogen) atoms. The molecule has 0 radical (unpaired) electrons. The van der Waals surface area contributed by atoms with Gasteiger partial charge in [-0.1, -0.05) is 72.8 Å². The van der Waals surface area contributed by atoms with Crippen LogP contribution in [0.4, 0.5) is 23.0 Å². The van der Waals surface area contributed by atoms with Gasteiger partial charge >= 0.3 is 0 Å². The van der Waals surface area contributed by atoms with E-state index in [1.165, 1.54) is 21.8 Å². The van der Waals surface area contributed by atoms with Crippen LogP contribution in [0.3, 0.4) is 0 Å². The average Bonchev–Trinajstić information content (AvgIpc) is 3.49. The van der Waals surface area contributed by atoms with E-state index >= 15 is 0 Å². The van der Waals surface area contributed by atoms with Crippen molar-refractivity contribution in [2.45, 2.75) is 13.0 Å². The summed E-state index contributed by atoms with van der Waals surface area (Å²) in [6.07, 6.45) is 2.74. The van der Waals surface area contributed by atoms with E-state index in [1.807, 2.05) is 18.3 Å². The Morgan fingerprint density at radius 1 is 0.583 bits per heavy atom. The minimum absolute atomic E-state index is 0.680. The molecule has 0 spiro atoms. The summed E-state index contributed by atoms with van der Waals surface area (Å²) in [5.74, 6) is 1.80. The van der Waals surface area contributed by atoms with Crippen LogP contribution in [0.25, 0.3) is 21.8 Å². The van der Waals surface area contributed by atoms with Gasteiger partial charge in [0.1, 0.15) is 6.67 Å². The third-order valence-electron chi connectivity index (χ3n) is 6.99. The van der Waals surface area contributed by atoms with Gasteiger partial charge in [-0.15, -0.1) is 0 Å². The molecule has 0 unspecified atom stereocenters. The lowest BCUT2D eigenvalue weighted by atomic mass is 10.2. The Labute approximate surface area is 209 Å². The molecule has 4 aromatic carbocycles. The van der Waals surface area contributed by atoms with Crippen molar-refractivity contribution >= 4 is 44.8 Å². The summed E-state index contributed by atoms with van der Waals surface area (Å²) in [6.45, 7) is 1.52. The van der Waals surface area contributed by atoms with Gasteiger partial charge in [-0.2, -0.15) is 0 Å². The van der Waals surface area contributed by atoms with Crippen LogP contribution < -0.4 is 9.80 Å². The zero-order chi connectivity index (χ0) is 23.9. The van der Waals surface area contributed by atoms with E-state index in [-0.39, 0.29) is 0 Å². The molecule has 0 N–H and O–H groups in total. The smallest absolute Gasteiger partial charge is 0.178 e. The molecule has 0 bridgehead atoms. The number of aromatic nitrogens is 3. The van der Waals surface area contributed by atoms with Crippen LogP contribution in [-0.2, 0) is 13.0 Å². The summed E-state index contributed by atoms with van der Waals surface area (Å²) >= 11 is 0. The summed E-state index contributed by atoms with van der Waals surface area (Å²) in [6, 6.07) is 38.1. The predicted octanol–water partition coefficient (Wildman–Crippen LogP) is 7.07. The maximum Gasteiger partial charge on any atom is 0.178 e. The second kappa shape index (κ2) is 8.54. The molecule has 6 aromatic rings. The highest BCUT2D eigenvalue weighted by molar-refractivity contribution is 6.07. The Balaban J connectivity index is 1.26. The maximum absolute atomic E-state index is 5.15. The fourth-order valence-electron chi connectivity index (χ4n) is 5.27. The number of rotatable bonds is 5. The second-order valence-corrected chi connectivity index (χ2v) is 9.11. The molecule has 5 nitrogen and oxygen atoms in total. The molecule has 0 atom stereocenters. The van der Waals surface area contributed by atoms with Crippen LogP contribution >= 0.6 is 0 Å². The number of para-hydroxylation sites is 4. The van der Waals surface area contributed by atoms with Gasteiger partial charge in [0.2, 0.25) is 0 Å². The number of hydrogen-bond acceptors (Lipinski definition) is 4. The molecule has 0 saturated heterocycles. The lowest BCUT2D eigenvalue weighted by molar-refractivity contribution is 0.727. The van der Waals surface area contributed by atoms with Gasteiger partial charge in [0.25, 0.3) is 0 Å². The third-order valence-corrected chi connectivity index (χ3v) is 6.99. The Kier molecular flexibility index (Phi) is 4.91. The second-order valence-electron chi connectivity index (χ2n) is 9.11. The molecule has 0 amide bonds.